The first-order valence-electron chi connectivity index (χ1n) is 7.19. The smallest absolute Gasteiger partial charge is 0.134 e. The lowest BCUT2D eigenvalue weighted by molar-refractivity contribution is 0.360. The van der Waals surface area contributed by atoms with Crippen LogP contribution in [0.15, 0.2) is 28.7 Å². The van der Waals surface area contributed by atoms with Gasteiger partial charge in [0.15, 0.2) is 0 Å². The molecule has 2 heterocycles. The van der Waals surface area contributed by atoms with Crippen LogP contribution in [-0.4, -0.2) is 17.0 Å². The first kappa shape index (κ1) is 14.0. The molecule has 1 N–H and O–H groups in total. The van der Waals surface area contributed by atoms with Gasteiger partial charge in [-0.3, -0.25) is 0 Å². The Labute approximate surface area is 123 Å². The molecular weight excluding hydrogens is 273 g/mol. The lowest BCUT2D eigenvalue weighted by atomic mass is 9.94. The largest absolute Gasteiger partial charge is 0.459 e. The summed E-state index contributed by atoms with van der Waals surface area (Å²) in [5, 5.41) is 4.39. The molecule has 0 aliphatic carbocycles. The maximum Gasteiger partial charge on any atom is 0.134 e. The zero-order valence-corrected chi connectivity index (χ0v) is 12.7. The molecule has 108 valence electrons. The first-order valence-corrected chi connectivity index (χ1v) is 8.17. The molecular formula is C16H20FNOS. The minimum Gasteiger partial charge on any atom is -0.459 e. The Balaban J connectivity index is 2.00. The van der Waals surface area contributed by atoms with Crippen LogP contribution in [0.25, 0.3) is 11.0 Å². The molecule has 0 radical (unpaired) electrons. The van der Waals surface area contributed by atoms with Crippen LogP contribution < -0.4 is 5.32 Å². The number of fused-ring (bicyclic) bond motifs is 1. The summed E-state index contributed by atoms with van der Waals surface area (Å²) in [5.74, 6) is 1.91. The van der Waals surface area contributed by atoms with Gasteiger partial charge in [-0.15, -0.1) is 0 Å². The molecule has 1 aromatic carbocycles. The molecule has 1 aliphatic rings. The molecule has 1 saturated heterocycles. The van der Waals surface area contributed by atoms with Crippen LogP contribution in [0.4, 0.5) is 4.39 Å². The predicted octanol–water partition coefficient (Wildman–Crippen LogP) is 4.51. The van der Waals surface area contributed by atoms with Gasteiger partial charge < -0.3 is 9.73 Å². The zero-order chi connectivity index (χ0) is 14.2. The molecule has 3 rings (SSSR count). The predicted molar refractivity (Wildman–Crippen MR) is 82.7 cm³/mol. The van der Waals surface area contributed by atoms with Gasteiger partial charge in [-0.05, 0) is 56.3 Å². The van der Waals surface area contributed by atoms with E-state index in [0.29, 0.717) is 0 Å². The third kappa shape index (κ3) is 2.47. The van der Waals surface area contributed by atoms with Gasteiger partial charge in [0, 0.05) is 10.1 Å². The quantitative estimate of drug-likeness (QED) is 0.898. The fourth-order valence-corrected chi connectivity index (χ4v) is 4.44. The van der Waals surface area contributed by atoms with Crippen molar-refractivity contribution in [1.29, 1.82) is 0 Å². The summed E-state index contributed by atoms with van der Waals surface area (Å²) in [6.07, 6.45) is 2.43. The first-order chi connectivity index (χ1) is 9.62. The summed E-state index contributed by atoms with van der Waals surface area (Å²) in [5.41, 5.74) is 0.760. The zero-order valence-electron chi connectivity index (χ0n) is 11.9. The molecule has 2 nitrogen and oxygen atoms in total. The van der Waals surface area contributed by atoms with Crippen molar-refractivity contribution < 1.29 is 8.81 Å². The van der Waals surface area contributed by atoms with Crippen molar-refractivity contribution in [2.75, 3.05) is 12.3 Å². The van der Waals surface area contributed by atoms with Crippen molar-refractivity contribution in [2.45, 2.75) is 37.5 Å². The van der Waals surface area contributed by atoms with E-state index in [1.165, 1.54) is 30.7 Å². The van der Waals surface area contributed by atoms with E-state index in [4.69, 9.17) is 4.42 Å². The monoisotopic (exact) mass is 293 g/mol. The maximum atomic E-state index is 13.3. The summed E-state index contributed by atoms with van der Waals surface area (Å²) in [4.78, 5) is 0. The summed E-state index contributed by atoms with van der Waals surface area (Å²) in [7, 11) is 0. The molecule has 2 aromatic rings. The SMILES string of the molecule is CCNC(c1cc2cc(F)ccc2o1)C1(C)CCCS1. The van der Waals surface area contributed by atoms with Crippen molar-refractivity contribution in [3.63, 3.8) is 0 Å². The molecule has 1 aliphatic heterocycles. The molecule has 20 heavy (non-hydrogen) atoms. The van der Waals surface area contributed by atoms with Crippen LogP contribution >= 0.6 is 11.8 Å². The number of nitrogens with one attached hydrogen (secondary N) is 1. The van der Waals surface area contributed by atoms with Crippen molar-refractivity contribution in [3.8, 4) is 0 Å². The fraction of sp³-hybridized carbons (Fsp3) is 0.500. The van der Waals surface area contributed by atoms with E-state index < -0.39 is 0 Å². The van der Waals surface area contributed by atoms with E-state index >= 15 is 0 Å². The average Bonchev–Trinajstić information content (AvgIpc) is 3.02. The lowest BCUT2D eigenvalue weighted by Gasteiger charge is -2.32. The summed E-state index contributed by atoms with van der Waals surface area (Å²) >= 11 is 2.00. The highest BCUT2D eigenvalue weighted by atomic mass is 32.2. The van der Waals surface area contributed by atoms with Crippen molar-refractivity contribution >= 4 is 22.7 Å². The second-order valence-corrected chi connectivity index (χ2v) is 7.22. The van der Waals surface area contributed by atoms with Crippen LogP contribution in [0.1, 0.15) is 38.5 Å². The van der Waals surface area contributed by atoms with E-state index in [9.17, 15) is 4.39 Å². The van der Waals surface area contributed by atoms with E-state index in [-0.39, 0.29) is 16.6 Å². The molecule has 2 atom stereocenters. The second kappa shape index (κ2) is 5.41. The van der Waals surface area contributed by atoms with E-state index in [2.05, 4.69) is 19.2 Å². The van der Waals surface area contributed by atoms with E-state index in [1.54, 1.807) is 6.07 Å². The van der Waals surface area contributed by atoms with Crippen LogP contribution in [-0.2, 0) is 0 Å². The van der Waals surface area contributed by atoms with Crippen LogP contribution in [0.2, 0.25) is 0 Å². The van der Waals surface area contributed by atoms with Gasteiger partial charge in [0.05, 0.1) is 6.04 Å². The molecule has 1 fully saturated rings. The normalized spacial score (nSPS) is 24.4. The van der Waals surface area contributed by atoms with Gasteiger partial charge in [-0.2, -0.15) is 11.8 Å². The topological polar surface area (TPSA) is 25.2 Å². The number of thioether (sulfide) groups is 1. The Bertz CT molecular complexity index is 604. The Morgan fingerprint density at radius 1 is 1.45 bits per heavy atom. The van der Waals surface area contributed by atoms with Crippen LogP contribution in [0, 0.1) is 5.82 Å². The lowest BCUT2D eigenvalue weighted by Crippen LogP contribution is -2.37. The second-order valence-electron chi connectivity index (χ2n) is 5.59. The molecule has 0 saturated carbocycles. The minimum atomic E-state index is -0.216. The molecule has 0 spiro atoms. The molecule has 2 unspecified atom stereocenters. The van der Waals surface area contributed by atoms with Crippen LogP contribution in [0.3, 0.4) is 0 Å². The Morgan fingerprint density at radius 3 is 3.00 bits per heavy atom. The Kier molecular flexibility index (Phi) is 3.78. The van der Waals surface area contributed by atoms with Gasteiger partial charge in [-0.25, -0.2) is 4.39 Å². The number of hydrogen-bond donors (Lipinski definition) is 1. The van der Waals surface area contributed by atoms with Gasteiger partial charge in [0.1, 0.15) is 17.2 Å². The standard InChI is InChI=1S/C16H20FNOS/c1-3-18-15(16(2)7-4-8-20-16)14-10-11-9-12(17)5-6-13(11)19-14/h5-6,9-10,15,18H,3-4,7-8H2,1-2H3. The van der Waals surface area contributed by atoms with Gasteiger partial charge in [0.25, 0.3) is 0 Å². The molecule has 4 heteroatoms. The summed E-state index contributed by atoms with van der Waals surface area (Å²) in [6, 6.07) is 6.85. The van der Waals surface area contributed by atoms with Crippen LogP contribution in [0.5, 0.6) is 0 Å². The molecule has 0 bridgehead atoms. The fourth-order valence-electron chi connectivity index (χ4n) is 3.03. The van der Waals surface area contributed by atoms with Gasteiger partial charge in [-0.1, -0.05) is 6.92 Å². The van der Waals surface area contributed by atoms with Crippen molar-refractivity contribution in [1.82, 2.24) is 5.32 Å². The number of rotatable bonds is 4. The Morgan fingerprint density at radius 2 is 2.30 bits per heavy atom. The number of benzene rings is 1. The highest BCUT2D eigenvalue weighted by Gasteiger charge is 2.40. The molecule has 0 amide bonds. The highest BCUT2D eigenvalue weighted by Crippen LogP contribution is 2.47. The highest BCUT2D eigenvalue weighted by molar-refractivity contribution is 8.00. The van der Waals surface area contributed by atoms with Crippen molar-refractivity contribution in [3.05, 3.63) is 35.8 Å². The maximum absolute atomic E-state index is 13.3. The number of furan rings is 1. The summed E-state index contributed by atoms with van der Waals surface area (Å²) < 4.78 is 19.4. The average molecular weight is 293 g/mol. The van der Waals surface area contributed by atoms with Gasteiger partial charge >= 0.3 is 0 Å². The number of halogens is 1. The van der Waals surface area contributed by atoms with Crippen molar-refractivity contribution in [2.24, 2.45) is 0 Å². The van der Waals surface area contributed by atoms with E-state index in [0.717, 1.165) is 23.3 Å². The van der Waals surface area contributed by atoms with Gasteiger partial charge in [0.2, 0.25) is 0 Å². The minimum absolute atomic E-state index is 0.155. The summed E-state index contributed by atoms with van der Waals surface area (Å²) in [6.45, 7) is 5.30. The third-order valence-electron chi connectivity index (χ3n) is 4.05. The van der Waals surface area contributed by atoms with E-state index in [1.807, 2.05) is 17.8 Å². The number of hydrogen-bond acceptors (Lipinski definition) is 3. The third-order valence-corrected chi connectivity index (χ3v) is 5.64. The molecule has 1 aromatic heterocycles. The Hall–Kier alpha value is -1.000.